The summed E-state index contributed by atoms with van der Waals surface area (Å²) in [5.41, 5.74) is -1.87. The molecule has 0 radical (unpaired) electrons. The van der Waals surface area contributed by atoms with Crippen LogP contribution in [-0.2, 0) is 14.3 Å². The summed E-state index contributed by atoms with van der Waals surface area (Å²) in [5, 5.41) is 28.5. The summed E-state index contributed by atoms with van der Waals surface area (Å²) in [5.74, 6) is -3.07. The van der Waals surface area contributed by atoms with Crippen molar-refractivity contribution < 1.29 is 34.4 Å². The van der Waals surface area contributed by atoms with Crippen molar-refractivity contribution in [2.75, 3.05) is 13.2 Å². The second kappa shape index (κ2) is 11.1. The Morgan fingerprint density at radius 2 is 1.81 bits per heavy atom. The van der Waals surface area contributed by atoms with Gasteiger partial charge in [-0.05, 0) is 32.1 Å². The van der Waals surface area contributed by atoms with E-state index in [1.54, 1.807) is 6.92 Å². The number of rotatable bonds is 13. The fourth-order valence-corrected chi connectivity index (χ4v) is 3.87. The molecule has 1 saturated heterocycles. The molecule has 1 fully saturated rings. The minimum Gasteiger partial charge on any atom is -0.481 e. The lowest BCUT2D eigenvalue weighted by atomic mass is 9.90. The Morgan fingerprint density at radius 1 is 1.11 bits per heavy atom. The van der Waals surface area contributed by atoms with Gasteiger partial charge in [0.25, 0.3) is 0 Å². The van der Waals surface area contributed by atoms with Gasteiger partial charge in [0.1, 0.15) is 0 Å². The van der Waals surface area contributed by atoms with Crippen LogP contribution < -0.4 is 0 Å². The number of hydrogen-bond donors (Lipinski definition) is 3. The van der Waals surface area contributed by atoms with Crippen LogP contribution in [0.3, 0.4) is 0 Å². The van der Waals surface area contributed by atoms with Crippen LogP contribution in [-0.4, -0.2) is 57.1 Å². The van der Waals surface area contributed by atoms with Crippen molar-refractivity contribution >= 4 is 18.0 Å². The van der Waals surface area contributed by atoms with Crippen LogP contribution in [0, 0.1) is 11.8 Å². The van der Waals surface area contributed by atoms with E-state index in [0.29, 0.717) is 32.1 Å². The minimum absolute atomic E-state index is 0.0192. The Kier molecular flexibility index (Phi) is 9.55. The van der Waals surface area contributed by atoms with Crippen LogP contribution >= 0.6 is 0 Å². The second-order valence-electron chi connectivity index (χ2n) is 7.20. The van der Waals surface area contributed by atoms with E-state index in [-0.39, 0.29) is 13.2 Å². The van der Waals surface area contributed by atoms with Gasteiger partial charge < -0.3 is 20.1 Å². The van der Waals surface area contributed by atoms with E-state index < -0.39 is 35.6 Å². The number of amides is 1. The monoisotopic (exact) mass is 387 g/mol. The summed E-state index contributed by atoms with van der Waals surface area (Å²) in [4.78, 5) is 35.7. The Morgan fingerprint density at radius 3 is 2.33 bits per heavy atom. The molecule has 0 aromatic heterocycles. The molecule has 3 N–H and O–H groups in total. The Bertz CT molecular complexity index is 510. The zero-order chi connectivity index (χ0) is 20.4. The first kappa shape index (κ1) is 23.2. The number of nitrogens with zero attached hydrogens (tertiary/aromatic N) is 1. The summed E-state index contributed by atoms with van der Waals surface area (Å²) in [6.45, 7) is 4.03. The number of unbranched alkanes of at least 4 members (excludes halogenated alkanes) is 3. The number of ether oxygens (including phenoxy) is 1. The number of carboxylic acids is 2. The third-order valence-corrected chi connectivity index (χ3v) is 5.46. The van der Waals surface area contributed by atoms with Gasteiger partial charge in [0.05, 0.1) is 12.5 Å². The van der Waals surface area contributed by atoms with Crippen molar-refractivity contribution in [1.82, 2.24) is 4.90 Å². The molecule has 0 aromatic rings. The molecule has 8 heteroatoms. The normalized spacial score (nSPS) is 23.3. The standard InChI is InChI=1S/C19H33NO7/c1-3-5-6-7-10-15-11-12-20(18(25)26)19(15,17(23)24)27-13-8-9-14(4-2)16(21)22/h14-15H,3-13H2,1-2H3,(H,21,22)(H,23,24)(H,25,26)/t14?,15?,19-/m1/s1. The molecule has 0 aromatic carbocycles. The highest BCUT2D eigenvalue weighted by atomic mass is 16.6. The van der Waals surface area contributed by atoms with Crippen molar-refractivity contribution in [2.45, 2.75) is 77.4 Å². The van der Waals surface area contributed by atoms with Crippen LogP contribution in [0.4, 0.5) is 4.79 Å². The van der Waals surface area contributed by atoms with E-state index in [9.17, 15) is 24.6 Å². The predicted molar refractivity (Wildman–Crippen MR) is 98.6 cm³/mol. The van der Waals surface area contributed by atoms with E-state index >= 15 is 0 Å². The molecular weight excluding hydrogens is 354 g/mol. The molecule has 0 aliphatic carbocycles. The number of hydrogen-bond acceptors (Lipinski definition) is 4. The number of likely N-dealkylation sites (tertiary alicyclic amines) is 1. The molecule has 1 rings (SSSR count). The molecule has 0 bridgehead atoms. The molecule has 8 nitrogen and oxygen atoms in total. The van der Waals surface area contributed by atoms with Crippen molar-refractivity contribution in [1.29, 1.82) is 0 Å². The molecule has 2 unspecified atom stereocenters. The Balaban J connectivity index is 2.82. The quantitative estimate of drug-likeness (QED) is 0.412. The van der Waals surface area contributed by atoms with Crippen LogP contribution in [0.25, 0.3) is 0 Å². The van der Waals surface area contributed by atoms with E-state index in [2.05, 4.69) is 6.92 Å². The fraction of sp³-hybridized carbons (Fsp3) is 0.842. The molecule has 1 amide bonds. The molecule has 156 valence electrons. The minimum atomic E-state index is -1.87. The molecule has 0 saturated carbocycles. The summed E-state index contributed by atoms with van der Waals surface area (Å²) in [6.07, 6.45) is 4.92. The maximum Gasteiger partial charge on any atom is 0.410 e. The number of carboxylic acid groups (broad SMARTS) is 3. The van der Waals surface area contributed by atoms with Gasteiger partial charge in [0, 0.05) is 12.5 Å². The van der Waals surface area contributed by atoms with Crippen LogP contribution in [0.2, 0.25) is 0 Å². The SMILES string of the molecule is CCCCCCC1CCN(C(=O)O)[C@]1(OCCCC(CC)C(=O)O)C(=O)O. The lowest BCUT2D eigenvalue weighted by molar-refractivity contribution is -0.196. The molecule has 3 atom stereocenters. The van der Waals surface area contributed by atoms with Gasteiger partial charge in [0.15, 0.2) is 0 Å². The van der Waals surface area contributed by atoms with E-state index in [1.807, 2.05) is 0 Å². The third kappa shape index (κ3) is 5.82. The Labute approximate surface area is 160 Å². The smallest absolute Gasteiger partial charge is 0.410 e. The second-order valence-corrected chi connectivity index (χ2v) is 7.20. The number of aliphatic carboxylic acids is 2. The van der Waals surface area contributed by atoms with Gasteiger partial charge in [-0.2, -0.15) is 0 Å². The zero-order valence-corrected chi connectivity index (χ0v) is 16.4. The number of carbonyl (C=O) groups is 3. The lowest BCUT2D eigenvalue weighted by Crippen LogP contribution is -2.58. The maximum atomic E-state index is 12.1. The average Bonchev–Trinajstić information content (AvgIpc) is 2.98. The lowest BCUT2D eigenvalue weighted by Gasteiger charge is -2.37. The molecule has 27 heavy (non-hydrogen) atoms. The zero-order valence-electron chi connectivity index (χ0n) is 16.4. The molecule has 1 aliphatic heterocycles. The van der Waals surface area contributed by atoms with E-state index in [1.165, 1.54) is 0 Å². The highest BCUT2D eigenvalue weighted by molar-refractivity contribution is 5.83. The van der Waals surface area contributed by atoms with Crippen LogP contribution in [0.1, 0.15) is 71.6 Å². The average molecular weight is 387 g/mol. The summed E-state index contributed by atoms with van der Waals surface area (Å²) >= 11 is 0. The van der Waals surface area contributed by atoms with Gasteiger partial charge in [-0.1, -0.05) is 39.5 Å². The predicted octanol–water partition coefficient (Wildman–Crippen LogP) is 3.65. The first-order valence-electron chi connectivity index (χ1n) is 9.91. The topological polar surface area (TPSA) is 124 Å². The molecule has 0 spiro atoms. The van der Waals surface area contributed by atoms with Gasteiger partial charge in [0.2, 0.25) is 5.72 Å². The van der Waals surface area contributed by atoms with Gasteiger partial charge in [-0.15, -0.1) is 0 Å². The summed E-state index contributed by atoms with van der Waals surface area (Å²) in [6, 6.07) is 0. The largest absolute Gasteiger partial charge is 0.481 e. The van der Waals surface area contributed by atoms with Crippen molar-refractivity contribution in [3.63, 3.8) is 0 Å². The van der Waals surface area contributed by atoms with Crippen molar-refractivity contribution in [3.8, 4) is 0 Å². The first-order chi connectivity index (χ1) is 12.8. The fourth-order valence-electron chi connectivity index (χ4n) is 3.87. The summed E-state index contributed by atoms with van der Waals surface area (Å²) in [7, 11) is 0. The highest BCUT2D eigenvalue weighted by Gasteiger charge is 2.58. The molecular formula is C19H33NO7. The van der Waals surface area contributed by atoms with Gasteiger partial charge in [-0.3, -0.25) is 9.69 Å². The van der Waals surface area contributed by atoms with E-state index in [0.717, 1.165) is 30.6 Å². The third-order valence-electron chi connectivity index (χ3n) is 5.46. The van der Waals surface area contributed by atoms with Crippen LogP contribution in [0.15, 0.2) is 0 Å². The van der Waals surface area contributed by atoms with Gasteiger partial charge >= 0.3 is 18.0 Å². The van der Waals surface area contributed by atoms with Crippen molar-refractivity contribution in [3.05, 3.63) is 0 Å². The Hall–Kier alpha value is -1.83. The first-order valence-corrected chi connectivity index (χ1v) is 9.91. The van der Waals surface area contributed by atoms with Crippen molar-refractivity contribution in [2.24, 2.45) is 11.8 Å². The molecule has 1 heterocycles. The van der Waals surface area contributed by atoms with Crippen LogP contribution in [0.5, 0.6) is 0 Å². The maximum absolute atomic E-state index is 12.1. The van der Waals surface area contributed by atoms with Gasteiger partial charge in [-0.25, -0.2) is 9.59 Å². The summed E-state index contributed by atoms with van der Waals surface area (Å²) < 4.78 is 5.72. The molecule has 1 aliphatic rings. The van der Waals surface area contributed by atoms with E-state index in [4.69, 9.17) is 9.84 Å². The highest BCUT2D eigenvalue weighted by Crippen LogP contribution is 2.40.